The molecule has 10 nitrogen and oxygen atoms in total. The molecule has 152 valence electrons. The summed E-state index contributed by atoms with van der Waals surface area (Å²) < 4.78 is 10.3. The van der Waals surface area contributed by atoms with E-state index in [0.29, 0.717) is 29.7 Å². The van der Waals surface area contributed by atoms with Gasteiger partial charge in [0.25, 0.3) is 23.4 Å². The third kappa shape index (κ3) is 3.44. The van der Waals surface area contributed by atoms with Gasteiger partial charge in [-0.3, -0.25) is 24.6 Å². The second kappa shape index (κ2) is 7.84. The summed E-state index contributed by atoms with van der Waals surface area (Å²) in [6.45, 7) is 0.729. The molecule has 0 spiro atoms. The fourth-order valence-corrected chi connectivity index (χ4v) is 3.18. The number of carbonyl (C=O) groups excluding carboxylic acids is 2. The predicted molar refractivity (Wildman–Crippen MR) is 104 cm³/mol. The van der Waals surface area contributed by atoms with Crippen LogP contribution in [0.2, 0.25) is 0 Å². The van der Waals surface area contributed by atoms with Crippen LogP contribution in [0.4, 0.5) is 5.69 Å². The third-order valence-electron chi connectivity index (χ3n) is 4.71. The number of nitrogens with zero attached hydrogens (tertiary/aromatic N) is 4. The quantitative estimate of drug-likeness (QED) is 0.253. The second-order valence-corrected chi connectivity index (χ2v) is 6.60. The summed E-state index contributed by atoms with van der Waals surface area (Å²) in [6.07, 6.45) is 0.553. The molecule has 10 heteroatoms. The summed E-state index contributed by atoms with van der Waals surface area (Å²) in [5.41, 5.74) is 1.61. The topological polar surface area (TPSA) is 129 Å². The lowest BCUT2D eigenvalue weighted by atomic mass is 10.1. The van der Waals surface area contributed by atoms with E-state index >= 15 is 0 Å². The first kappa shape index (κ1) is 19.4. The third-order valence-corrected chi connectivity index (χ3v) is 4.71. The molecule has 1 aromatic heterocycles. The van der Waals surface area contributed by atoms with Crippen LogP contribution in [0.1, 0.15) is 27.1 Å². The molecule has 0 unspecified atom stereocenters. The average molecular weight is 408 g/mol. The number of non-ortho nitro benzene ring substituents is 1. The van der Waals surface area contributed by atoms with Gasteiger partial charge >= 0.3 is 0 Å². The molecule has 0 radical (unpaired) electrons. The number of hydrogen-bond donors (Lipinski definition) is 0. The lowest BCUT2D eigenvalue weighted by Gasteiger charge is -2.12. The van der Waals surface area contributed by atoms with Crippen molar-refractivity contribution in [3.8, 4) is 22.8 Å². The smallest absolute Gasteiger partial charge is 0.269 e. The number of amides is 2. The standard InChI is InChI=1S/C20H16N4O6/c1-29-10-2-9-23-19(25)15-8-5-13(11-16(15)20(23)26)18-21-17(22-30-18)12-3-6-14(7-4-12)24(27)28/h3-8,11H,2,9-10H2,1H3. The van der Waals surface area contributed by atoms with E-state index in [0.717, 1.165) is 0 Å². The fraction of sp³-hybridized carbons (Fsp3) is 0.200. The first-order valence-corrected chi connectivity index (χ1v) is 9.07. The van der Waals surface area contributed by atoms with Gasteiger partial charge in [0.05, 0.1) is 16.1 Å². The highest BCUT2D eigenvalue weighted by molar-refractivity contribution is 6.21. The number of fused-ring (bicyclic) bond motifs is 1. The van der Waals surface area contributed by atoms with Crippen molar-refractivity contribution in [1.29, 1.82) is 0 Å². The zero-order chi connectivity index (χ0) is 21.3. The van der Waals surface area contributed by atoms with Gasteiger partial charge in [0.2, 0.25) is 5.82 Å². The number of aromatic nitrogens is 2. The lowest BCUT2D eigenvalue weighted by molar-refractivity contribution is -0.384. The van der Waals surface area contributed by atoms with Crippen molar-refractivity contribution in [2.45, 2.75) is 6.42 Å². The highest BCUT2D eigenvalue weighted by Gasteiger charge is 2.35. The number of nitro groups is 1. The molecule has 1 aliphatic rings. The predicted octanol–water partition coefficient (Wildman–Crippen LogP) is 2.94. The van der Waals surface area contributed by atoms with E-state index in [1.54, 1.807) is 25.3 Å². The molecule has 2 aromatic carbocycles. The maximum absolute atomic E-state index is 12.6. The molecule has 2 heterocycles. The van der Waals surface area contributed by atoms with Gasteiger partial charge in [-0.15, -0.1) is 0 Å². The second-order valence-electron chi connectivity index (χ2n) is 6.60. The van der Waals surface area contributed by atoms with Gasteiger partial charge < -0.3 is 9.26 Å². The van der Waals surface area contributed by atoms with Gasteiger partial charge in [-0.1, -0.05) is 5.16 Å². The minimum atomic E-state index is -0.493. The van der Waals surface area contributed by atoms with Crippen LogP contribution in [0.25, 0.3) is 22.8 Å². The Balaban J connectivity index is 1.58. The number of hydrogen-bond acceptors (Lipinski definition) is 8. The van der Waals surface area contributed by atoms with Gasteiger partial charge in [0.15, 0.2) is 0 Å². The van der Waals surface area contributed by atoms with Crippen LogP contribution in [0.3, 0.4) is 0 Å². The number of benzene rings is 2. The molecule has 0 saturated carbocycles. The number of imide groups is 1. The number of rotatable bonds is 7. The minimum Gasteiger partial charge on any atom is -0.385 e. The summed E-state index contributed by atoms with van der Waals surface area (Å²) in [6, 6.07) is 10.5. The van der Waals surface area contributed by atoms with E-state index in [2.05, 4.69) is 10.1 Å². The Morgan fingerprint density at radius 2 is 1.77 bits per heavy atom. The Morgan fingerprint density at radius 3 is 2.47 bits per heavy atom. The number of ether oxygens (including phenoxy) is 1. The number of nitro benzene ring substituents is 1. The van der Waals surface area contributed by atoms with Crippen molar-refractivity contribution in [2.75, 3.05) is 20.3 Å². The number of methoxy groups -OCH3 is 1. The van der Waals surface area contributed by atoms with E-state index in [9.17, 15) is 19.7 Å². The molecule has 1 aliphatic heterocycles. The maximum Gasteiger partial charge on any atom is 0.269 e. The molecule has 2 amide bonds. The molecule has 4 rings (SSSR count). The summed E-state index contributed by atoms with van der Waals surface area (Å²) in [4.78, 5) is 40.9. The van der Waals surface area contributed by atoms with Gasteiger partial charge in [-0.25, -0.2) is 0 Å². The molecule has 0 bridgehead atoms. The van der Waals surface area contributed by atoms with Crippen molar-refractivity contribution >= 4 is 17.5 Å². The summed E-state index contributed by atoms with van der Waals surface area (Å²) >= 11 is 0. The van der Waals surface area contributed by atoms with Crippen LogP contribution >= 0.6 is 0 Å². The highest BCUT2D eigenvalue weighted by Crippen LogP contribution is 2.29. The van der Waals surface area contributed by atoms with Gasteiger partial charge in [0, 0.05) is 43.5 Å². The van der Waals surface area contributed by atoms with Gasteiger partial charge in [-0.2, -0.15) is 4.98 Å². The van der Waals surface area contributed by atoms with Crippen molar-refractivity contribution in [3.63, 3.8) is 0 Å². The van der Waals surface area contributed by atoms with Gasteiger partial charge in [0.1, 0.15) is 0 Å². The Hall–Kier alpha value is -3.92. The van der Waals surface area contributed by atoms with Crippen LogP contribution in [-0.2, 0) is 4.74 Å². The zero-order valence-corrected chi connectivity index (χ0v) is 15.9. The Labute approximate surface area is 170 Å². The van der Waals surface area contributed by atoms with Crippen molar-refractivity contribution < 1.29 is 23.8 Å². The minimum absolute atomic E-state index is 0.0423. The van der Waals surface area contributed by atoms with E-state index in [4.69, 9.17) is 9.26 Å². The molecule has 0 saturated heterocycles. The average Bonchev–Trinajstić information content (AvgIpc) is 3.33. The number of carbonyl (C=O) groups is 2. The zero-order valence-electron chi connectivity index (χ0n) is 15.9. The summed E-state index contributed by atoms with van der Waals surface area (Å²) in [5.74, 6) is -0.286. The summed E-state index contributed by atoms with van der Waals surface area (Å²) in [7, 11) is 1.56. The van der Waals surface area contributed by atoms with Crippen LogP contribution in [0.5, 0.6) is 0 Å². The van der Waals surface area contributed by atoms with Crippen LogP contribution in [0, 0.1) is 10.1 Å². The van der Waals surface area contributed by atoms with E-state index in [1.807, 2.05) is 0 Å². The first-order valence-electron chi connectivity index (χ1n) is 9.07. The molecular formula is C20H16N4O6. The van der Waals surface area contributed by atoms with Crippen molar-refractivity contribution in [2.24, 2.45) is 0 Å². The monoisotopic (exact) mass is 408 g/mol. The Kier molecular flexibility index (Phi) is 5.07. The van der Waals surface area contributed by atoms with Crippen molar-refractivity contribution in [3.05, 3.63) is 63.7 Å². The van der Waals surface area contributed by atoms with Crippen LogP contribution in [0.15, 0.2) is 47.0 Å². The van der Waals surface area contributed by atoms with E-state index < -0.39 is 4.92 Å². The molecule has 0 atom stereocenters. The summed E-state index contributed by atoms with van der Waals surface area (Å²) in [5, 5.41) is 14.7. The molecule has 30 heavy (non-hydrogen) atoms. The largest absolute Gasteiger partial charge is 0.385 e. The first-order chi connectivity index (χ1) is 14.5. The highest BCUT2D eigenvalue weighted by atomic mass is 16.6. The van der Waals surface area contributed by atoms with Crippen molar-refractivity contribution in [1.82, 2.24) is 15.0 Å². The fourth-order valence-electron chi connectivity index (χ4n) is 3.18. The molecule has 0 aliphatic carbocycles. The SMILES string of the molecule is COCCCN1C(=O)c2ccc(-c3nc(-c4ccc([N+](=O)[O-])cc4)no3)cc2C1=O. The molecule has 0 N–H and O–H groups in total. The van der Waals surface area contributed by atoms with E-state index in [-0.39, 0.29) is 41.3 Å². The molecular weight excluding hydrogens is 392 g/mol. The normalized spacial score (nSPS) is 13.0. The maximum atomic E-state index is 12.6. The molecule has 3 aromatic rings. The van der Waals surface area contributed by atoms with E-state index in [1.165, 1.54) is 29.2 Å². The van der Waals surface area contributed by atoms with Crippen LogP contribution < -0.4 is 0 Å². The lowest BCUT2D eigenvalue weighted by Crippen LogP contribution is -2.31. The Morgan fingerprint density at radius 1 is 1.07 bits per heavy atom. The van der Waals surface area contributed by atoms with Gasteiger partial charge in [-0.05, 0) is 36.8 Å². The Bertz CT molecular complexity index is 1140. The molecule has 0 fully saturated rings. The van der Waals surface area contributed by atoms with Crippen LogP contribution in [-0.4, -0.2) is 52.0 Å².